The molecule has 0 saturated carbocycles. The molecule has 3 aliphatic rings. The molecule has 0 bridgehead atoms. The smallest absolute Gasteiger partial charge is 0.130 e. The van der Waals surface area contributed by atoms with Crippen LogP contribution in [0.2, 0.25) is 0 Å². The summed E-state index contributed by atoms with van der Waals surface area (Å²) >= 11 is 0. The van der Waals surface area contributed by atoms with Crippen LogP contribution in [0.1, 0.15) is 23.1 Å². The minimum Gasteiger partial charge on any atom is -0.487 e. The molecule has 0 spiro atoms. The van der Waals surface area contributed by atoms with Gasteiger partial charge in [0.1, 0.15) is 18.0 Å². The van der Waals surface area contributed by atoms with Crippen molar-refractivity contribution < 1.29 is 9.84 Å². The van der Waals surface area contributed by atoms with Gasteiger partial charge in [-0.1, -0.05) is 49.2 Å². The summed E-state index contributed by atoms with van der Waals surface area (Å²) in [7, 11) is 7.76. The molecule has 4 rings (SSSR count). The Hall–Kier alpha value is 0.340. The van der Waals surface area contributed by atoms with Crippen LogP contribution in [0.4, 0.5) is 0 Å². The van der Waals surface area contributed by atoms with Crippen molar-refractivity contribution in [3.05, 3.63) is 28.8 Å². The maximum absolute atomic E-state index is 10.5. The molecular formula is C16H21NO2S4. The summed E-state index contributed by atoms with van der Waals surface area (Å²) in [5.74, 6) is 4.38. The molecule has 1 saturated heterocycles. The molecule has 0 amide bonds. The largest absolute Gasteiger partial charge is 0.487 e. The number of aliphatic hydroxyl groups is 1. The van der Waals surface area contributed by atoms with E-state index in [1.807, 2.05) is 43.2 Å². The third-order valence-electron chi connectivity index (χ3n) is 4.48. The normalized spacial score (nSPS) is 27.3. The molecule has 3 atom stereocenters. The molecule has 1 aromatic carbocycles. The van der Waals surface area contributed by atoms with Crippen molar-refractivity contribution in [2.45, 2.75) is 41.8 Å². The van der Waals surface area contributed by atoms with Gasteiger partial charge in [-0.05, 0) is 29.2 Å². The molecule has 3 unspecified atom stereocenters. The van der Waals surface area contributed by atoms with E-state index >= 15 is 0 Å². The molecule has 3 aliphatic heterocycles. The lowest BCUT2D eigenvalue weighted by atomic mass is 10.0. The van der Waals surface area contributed by atoms with Crippen molar-refractivity contribution in [2.24, 2.45) is 0 Å². The minimum atomic E-state index is -0.442. The Morgan fingerprint density at radius 3 is 2.78 bits per heavy atom. The lowest BCUT2D eigenvalue weighted by molar-refractivity contribution is 0.0502. The van der Waals surface area contributed by atoms with Gasteiger partial charge in [-0.15, -0.1) is 0 Å². The van der Waals surface area contributed by atoms with Crippen molar-refractivity contribution in [3.63, 3.8) is 0 Å². The molecular weight excluding hydrogens is 366 g/mol. The minimum absolute atomic E-state index is 0.104. The van der Waals surface area contributed by atoms with E-state index in [4.69, 9.17) is 4.74 Å². The first-order valence-corrected chi connectivity index (χ1v) is 12.9. The van der Waals surface area contributed by atoms with Crippen LogP contribution in [0.25, 0.3) is 0 Å². The lowest BCUT2D eigenvalue weighted by Gasteiger charge is -2.19. The van der Waals surface area contributed by atoms with Gasteiger partial charge in [-0.3, -0.25) is 0 Å². The average Bonchev–Trinajstić information content (AvgIpc) is 3.21. The van der Waals surface area contributed by atoms with Gasteiger partial charge in [0.2, 0.25) is 0 Å². The van der Waals surface area contributed by atoms with Gasteiger partial charge >= 0.3 is 0 Å². The number of fused-ring (bicyclic) bond motifs is 2. The van der Waals surface area contributed by atoms with Gasteiger partial charge in [0.15, 0.2) is 0 Å². The summed E-state index contributed by atoms with van der Waals surface area (Å²) in [5.41, 5.74) is 4.11. The van der Waals surface area contributed by atoms with Gasteiger partial charge in [0.05, 0.1) is 0 Å². The van der Waals surface area contributed by atoms with Crippen LogP contribution in [0.5, 0.6) is 5.75 Å². The number of hydrogen-bond acceptors (Lipinski definition) is 7. The Morgan fingerprint density at radius 1 is 1.17 bits per heavy atom. The summed E-state index contributed by atoms with van der Waals surface area (Å²) in [6, 6.07) is 4.49. The molecule has 0 aromatic heterocycles. The molecule has 2 N–H and O–H groups in total. The monoisotopic (exact) mass is 387 g/mol. The molecule has 126 valence electrons. The average molecular weight is 388 g/mol. The summed E-state index contributed by atoms with van der Waals surface area (Å²) in [6.45, 7) is 1.60. The molecule has 0 radical (unpaired) electrons. The summed E-state index contributed by atoms with van der Waals surface area (Å²) in [6.07, 6.45) is 1.55. The second-order valence-electron chi connectivity index (χ2n) is 6.17. The van der Waals surface area contributed by atoms with E-state index in [1.165, 1.54) is 28.9 Å². The Labute approximate surface area is 153 Å². The van der Waals surface area contributed by atoms with Crippen LogP contribution in [-0.2, 0) is 17.9 Å². The third-order valence-corrected chi connectivity index (χ3v) is 9.65. The van der Waals surface area contributed by atoms with Gasteiger partial charge in [0, 0.05) is 42.0 Å². The van der Waals surface area contributed by atoms with Gasteiger partial charge in [-0.2, -0.15) is 0 Å². The van der Waals surface area contributed by atoms with Crippen molar-refractivity contribution in [2.75, 3.05) is 18.8 Å². The fraction of sp³-hybridized carbons (Fsp3) is 0.625. The standard InChI is InChI=1S/C16H21NO2S4/c18-14(7-17-6-13-1-2-20-23-13)16-4-10-3-11-8-21-22-9-12(11)5-15(10)19-16/h3,5,13-14,16-18H,1-2,4,6-9H2. The van der Waals surface area contributed by atoms with E-state index in [-0.39, 0.29) is 6.10 Å². The fourth-order valence-corrected chi connectivity index (χ4v) is 8.22. The van der Waals surface area contributed by atoms with Gasteiger partial charge in [0.25, 0.3) is 0 Å². The quantitative estimate of drug-likeness (QED) is 0.750. The van der Waals surface area contributed by atoms with E-state index in [2.05, 4.69) is 17.4 Å². The number of hydrogen-bond donors (Lipinski definition) is 2. The van der Waals surface area contributed by atoms with Crippen molar-refractivity contribution in [3.8, 4) is 5.75 Å². The first-order chi connectivity index (χ1) is 11.3. The molecule has 3 nitrogen and oxygen atoms in total. The number of nitrogens with one attached hydrogen (secondary N) is 1. The van der Waals surface area contributed by atoms with Crippen LogP contribution in [0.3, 0.4) is 0 Å². The Bertz CT molecular complexity index is 530. The van der Waals surface area contributed by atoms with E-state index in [9.17, 15) is 5.11 Å². The summed E-state index contributed by atoms with van der Waals surface area (Å²) in [5, 5.41) is 14.6. The van der Waals surface area contributed by atoms with Crippen LogP contribution in [0, 0.1) is 0 Å². The predicted octanol–water partition coefficient (Wildman–Crippen LogP) is 3.49. The fourth-order valence-electron chi connectivity index (χ4n) is 3.13. The second kappa shape index (κ2) is 7.70. The summed E-state index contributed by atoms with van der Waals surface area (Å²) < 4.78 is 6.04. The predicted molar refractivity (Wildman–Crippen MR) is 104 cm³/mol. The summed E-state index contributed by atoms with van der Waals surface area (Å²) in [4.78, 5) is 0. The van der Waals surface area contributed by atoms with Crippen LogP contribution in [-0.4, -0.2) is 41.4 Å². The molecule has 0 aliphatic carbocycles. The SMILES string of the molecule is OC(CNCC1CCSS1)C1Cc2cc3c(cc2O1)CSSC3. The van der Waals surface area contributed by atoms with Gasteiger partial charge < -0.3 is 15.2 Å². The maximum atomic E-state index is 10.5. The van der Waals surface area contributed by atoms with Gasteiger partial charge in [-0.25, -0.2) is 0 Å². The maximum Gasteiger partial charge on any atom is 0.130 e. The molecule has 7 heteroatoms. The number of aliphatic hydroxyl groups excluding tert-OH is 1. The Morgan fingerprint density at radius 2 is 2.00 bits per heavy atom. The topological polar surface area (TPSA) is 41.5 Å². The third kappa shape index (κ3) is 3.96. The molecule has 23 heavy (non-hydrogen) atoms. The Kier molecular flexibility index (Phi) is 5.62. The number of benzene rings is 1. The molecule has 3 heterocycles. The van der Waals surface area contributed by atoms with Crippen LogP contribution < -0.4 is 10.1 Å². The zero-order valence-corrected chi connectivity index (χ0v) is 16.1. The number of ether oxygens (including phenoxy) is 1. The molecule has 1 fully saturated rings. The highest BCUT2D eigenvalue weighted by Crippen LogP contribution is 2.42. The zero-order valence-electron chi connectivity index (χ0n) is 12.8. The van der Waals surface area contributed by atoms with Crippen LogP contribution >= 0.6 is 43.2 Å². The highest BCUT2D eigenvalue weighted by atomic mass is 33.1. The van der Waals surface area contributed by atoms with Crippen molar-refractivity contribution in [1.82, 2.24) is 5.32 Å². The lowest BCUT2D eigenvalue weighted by Crippen LogP contribution is -2.40. The highest BCUT2D eigenvalue weighted by molar-refractivity contribution is 8.77. The van der Waals surface area contributed by atoms with E-state index in [1.54, 1.807) is 0 Å². The second-order valence-corrected chi connectivity index (χ2v) is 11.4. The number of rotatable bonds is 5. The first-order valence-electron chi connectivity index (χ1n) is 8.02. The first kappa shape index (κ1) is 16.8. The van der Waals surface area contributed by atoms with E-state index in [0.29, 0.717) is 11.8 Å². The van der Waals surface area contributed by atoms with Crippen molar-refractivity contribution in [1.29, 1.82) is 0 Å². The van der Waals surface area contributed by atoms with E-state index < -0.39 is 6.10 Å². The zero-order chi connectivity index (χ0) is 15.6. The molecule has 1 aromatic rings. The van der Waals surface area contributed by atoms with E-state index in [0.717, 1.165) is 30.2 Å². The van der Waals surface area contributed by atoms with Crippen LogP contribution in [0.15, 0.2) is 12.1 Å². The van der Waals surface area contributed by atoms with Crippen molar-refractivity contribution >= 4 is 43.2 Å². The Balaban J connectivity index is 1.32. The highest BCUT2D eigenvalue weighted by Gasteiger charge is 2.30.